The van der Waals surface area contributed by atoms with Crippen molar-refractivity contribution in [2.45, 2.75) is 38.5 Å². The fraction of sp³-hybridized carbons (Fsp3) is 0.550. The van der Waals surface area contributed by atoms with E-state index in [9.17, 15) is 0 Å². The number of hydrogen-bond acceptors (Lipinski definition) is 6. The largest absolute Gasteiger partial charge is 0.462 e. The van der Waals surface area contributed by atoms with Gasteiger partial charge < -0.3 is 24.1 Å². The zero-order valence-electron chi connectivity index (χ0n) is 15.2. The zero-order chi connectivity index (χ0) is 17.6. The van der Waals surface area contributed by atoms with Crippen LogP contribution in [0.1, 0.15) is 42.5 Å². The van der Waals surface area contributed by atoms with Crippen LogP contribution in [0.25, 0.3) is 0 Å². The van der Waals surface area contributed by atoms with Crippen molar-refractivity contribution in [3.63, 3.8) is 0 Å². The van der Waals surface area contributed by atoms with E-state index in [-0.39, 0.29) is 6.10 Å². The van der Waals surface area contributed by atoms with E-state index in [4.69, 9.17) is 13.9 Å². The van der Waals surface area contributed by atoms with E-state index in [0.717, 1.165) is 69.6 Å². The van der Waals surface area contributed by atoms with Crippen LogP contribution in [0.5, 0.6) is 0 Å². The summed E-state index contributed by atoms with van der Waals surface area (Å²) in [5.41, 5.74) is 1.21. The second-order valence-corrected chi connectivity index (χ2v) is 6.85. The Morgan fingerprint density at radius 3 is 2.85 bits per heavy atom. The van der Waals surface area contributed by atoms with E-state index in [0.29, 0.717) is 6.54 Å². The highest BCUT2D eigenvalue weighted by molar-refractivity contribution is 5.47. The molecule has 0 spiro atoms. The summed E-state index contributed by atoms with van der Waals surface area (Å²) in [5, 5.41) is 3.48. The number of nitrogens with one attached hydrogen (secondary N) is 1. The molecule has 4 rings (SSSR count). The van der Waals surface area contributed by atoms with Gasteiger partial charge in [-0.25, -0.2) is 4.98 Å². The first-order valence-electron chi connectivity index (χ1n) is 9.58. The van der Waals surface area contributed by atoms with Crippen molar-refractivity contribution in [3.05, 3.63) is 47.5 Å². The van der Waals surface area contributed by atoms with E-state index in [1.54, 1.807) is 0 Å². The number of furan rings is 1. The molecule has 2 aromatic rings. The molecule has 1 N–H and O–H groups in total. The van der Waals surface area contributed by atoms with Crippen LogP contribution in [-0.2, 0) is 22.6 Å². The molecule has 0 aliphatic carbocycles. The average molecular weight is 357 g/mol. The lowest BCUT2D eigenvalue weighted by atomic mass is 10.1. The molecule has 2 saturated heterocycles. The number of hydrogen-bond donors (Lipinski definition) is 1. The Kier molecular flexibility index (Phi) is 5.84. The van der Waals surface area contributed by atoms with Crippen molar-refractivity contribution in [1.29, 1.82) is 0 Å². The van der Waals surface area contributed by atoms with Crippen LogP contribution in [0.2, 0.25) is 0 Å². The minimum absolute atomic E-state index is 0.128. The second kappa shape index (κ2) is 8.66. The van der Waals surface area contributed by atoms with E-state index in [1.165, 1.54) is 12.0 Å². The van der Waals surface area contributed by atoms with Crippen LogP contribution in [0.3, 0.4) is 0 Å². The molecule has 26 heavy (non-hydrogen) atoms. The molecule has 2 aliphatic heterocycles. The van der Waals surface area contributed by atoms with E-state index >= 15 is 0 Å². The first-order chi connectivity index (χ1) is 12.9. The van der Waals surface area contributed by atoms with Gasteiger partial charge in [0.1, 0.15) is 23.4 Å². The van der Waals surface area contributed by atoms with Gasteiger partial charge in [0.25, 0.3) is 0 Å². The van der Waals surface area contributed by atoms with E-state index in [1.807, 2.05) is 18.3 Å². The monoisotopic (exact) mass is 357 g/mol. The van der Waals surface area contributed by atoms with Gasteiger partial charge in [0.2, 0.25) is 0 Å². The minimum atomic E-state index is 0.128. The first kappa shape index (κ1) is 17.5. The Hall–Kier alpha value is -1.89. The molecule has 6 heteroatoms. The highest BCUT2D eigenvalue weighted by atomic mass is 16.5. The third-order valence-electron chi connectivity index (χ3n) is 4.97. The van der Waals surface area contributed by atoms with Crippen molar-refractivity contribution < 1.29 is 13.9 Å². The van der Waals surface area contributed by atoms with Crippen LogP contribution < -0.4 is 10.2 Å². The summed E-state index contributed by atoms with van der Waals surface area (Å²) in [6, 6.07) is 8.23. The van der Waals surface area contributed by atoms with Crippen molar-refractivity contribution in [2.24, 2.45) is 0 Å². The third-order valence-corrected chi connectivity index (χ3v) is 4.97. The average Bonchev–Trinajstić information content (AvgIpc) is 3.19. The van der Waals surface area contributed by atoms with Gasteiger partial charge in [-0.15, -0.1) is 0 Å². The third kappa shape index (κ3) is 4.26. The van der Waals surface area contributed by atoms with Gasteiger partial charge >= 0.3 is 0 Å². The molecular formula is C20H27N3O3. The summed E-state index contributed by atoms with van der Waals surface area (Å²) in [5.74, 6) is 2.96. The molecule has 140 valence electrons. The molecular weight excluding hydrogens is 330 g/mol. The summed E-state index contributed by atoms with van der Waals surface area (Å²) in [6.45, 7) is 5.62. The molecule has 0 unspecified atom stereocenters. The van der Waals surface area contributed by atoms with E-state index in [2.05, 4.69) is 27.3 Å². The number of aromatic nitrogens is 1. The van der Waals surface area contributed by atoms with Gasteiger partial charge in [0, 0.05) is 38.0 Å². The number of ether oxygens (including phenoxy) is 2. The summed E-state index contributed by atoms with van der Waals surface area (Å²) in [6.07, 6.45) is 5.41. The molecule has 0 amide bonds. The van der Waals surface area contributed by atoms with Crippen LogP contribution >= 0.6 is 0 Å². The van der Waals surface area contributed by atoms with Crippen LogP contribution in [0.15, 0.2) is 34.9 Å². The van der Waals surface area contributed by atoms with Crippen LogP contribution in [-0.4, -0.2) is 37.9 Å². The number of nitrogens with zero attached hydrogens (tertiary/aromatic N) is 2. The molecule has 0 bridgehead atoms. The SMILES string of the molecule is c1cnc(N2CCOCC2)c(CNCc2ccc([C@H]3CCCCO3)o2)c1. The Labute approximate surface area is 154 Å². The van der Waals surface area contributed by atoms with Crippen molar-refractivity contribution in [2.75, 3.05) is 37.8 Å². The number of rotatable bonds is 6. The zero-order valence-corrected chi connectivity index (χ0v) is 15.2. The Morgan fingerprint density at radius 2 is 2.00 bits per heavy atom. The Bertz CT molecular complexity index is 691. The lowest BCUT2D eigenvalue weighted by molar-refractivity contribution is 0.00122. The maximum absolute atomic E-state index is 5.98. The lowest BCUT2D eigenvalue weighted by Crippen LogP contribution is -2.37. The van der Waals surface area contributed by atoms with E-state index < -0.39 is 0 Å². The molecule has 2 aromatic heterocycles. The van der Waals surface area contributed by atoms with Crippen molar-refractivity contribution in [3.8, 4) is 0 Å². The Morgan fingerprint density at radius 1 is 1.08 bits per heavy atom. The van der Waals surface area contributed by atoms with Crippen molar-refractivity contribution in [1.82, 2.24) is 10.3 Å². The standard InChI is InChI=1S/C20H27N3O3/c1-2-11-25-18(5-1)19-7-6-17(26-19)15-21-14-16-4-3-8-22-20(16)23-9-12-24-13-10-23/h3-4,6-8,18,21H,1-2,5,9-15H2/t18-/m1/s1. The summed E-state index contributed by atoms with van der Waals surface area (Å²) in [7, 11) is 0. The predicted octanol–water partition coefficient (Wildman–Crippen LogP) is 3.04. The molecule has 4 heterocycles. The van der Waals surface area contributed by atoms with Gasteiger partial charge in [-0.05, 0) is 37.5 Å². The van der Waals surface area contributed by atoms with Crippen LogP contribution in [0, 0.1) is 0 Å². The number of morpholine rings is 1. The minimum Gasteiger partial charge on any atom is -0.462 e. The first-order valence-corrected chi connectivity index (χ1v) is 9.58. The van der Waals surface area contributed by atoms with Gasteiger partial charge in [-0.3, -0.25) is 0 Å². The van der Waals surface area contributed by atoms with Crippen LogP contribution in [0.4, 0.5) is 5.82 Å². The smallest absolute Gasteiger partial charge is 0.133 e. The Balaban J connectivity index is 1.33. The molecule has 0 radical (unpaired) electrons. The van der Waals surface area contributed by atoms with Gasteiger partial charge in [-0.1, -0.05) is 6.07 Å². The van der Waals surface area contributed by atoms with Gasteiger partial charge in [-0.2, -0.15) is 0 Å². The molecule has 2 fully saturated rings. The number of anilines is 1. The molecule has 0 saturated carbocycles. The second-order valence-electron chi connectivity index (χ2n) is 6.85. The summed E-state index contributed by atoms with van der Waals surface area (Å²) >= 11 is 0. The molecule has 1 atom stereocenters. The fourth-order valence-corrected chi connectivity index (χ4v) is 3.58. The maximum atomic E-state index is 5.98. The molecule has 0 aromatic carbocycles. The molecule has 2 aliphatic rings. The lowest BCUT2D eigenvalue weighted by Gasteiger charge is -2.29. The van der Waals surface area contributed by atoms with Crippen molar-refractivity contribution >= 4 is 5.82 Å². The topological polar surface area (TPSA) is 59.8 Å². The quantitative estimate of drug-likeness (QED) is 0.857. The number of pyridine rings is 1. The van der Waals surface area contributed by atoms with Gasteiger partial charge in [0.15, 0.2) is 0 Å². The maximum Gasteiger partial charge on any atom is 0.133 e. The summed E-state index contributed by atoms with van der Waals surface area (Å²) < 4.78 is 17.2. The predicted molar refractivity (Wildman–Crippen MR) is 99.1 cm³/mol. The molecule has 6 nitrogen and oxygen atoms in total. The summed E-state index contributed by atoms with van der Waals surface area (Å²) in [4.78, 5) is 6.88. The normalized spacial score (nSPS) is 21.1. The van der Waals surface area contributed by atoms with Gasteiger partial charge in [0.05, 0.1) is 19.8 Å². The fourth-order valence-electron chi connectivity index (χ4n) is 3.58. The highest BCUT2D eigenvalue weighted by Gasteiger charge is 2.19. The highest BCUT2D eigenvalue weighted by Crippen LogP contribution is 2.29.